The normalized spacial score (nSPS) is 12.2. The summed E-state index contributed by atoms with van der Waals surface area (Å²) in [7, 11) is 0. The molecule has 0 aliphatic rings. The lowest BCUT2D eigenvalue weighted by Crippen LogP contribution is -2.14. The first-order valence-corrected chi connectivity index (χ1v) is 6.32. The molecule has 1 N–H and O–H groups in total. The standard InChI is InChI=1S/C11H11FINO4/c1-2-3-6(11(15)16)7-4-8(12)9(13)5-10(7)14(17)18/h4-6H,2-3H2,1H3,(H,15,16). The van der Waals surface area contributed by atoms with Crippen LogP contribution in [0, 0.1) is 19.5 Å². The highest BCUT2D eigenvalue weighted by Crippen LogP contribution is 2.32. The maximum absolute atomic E-state index is 13.5. The molecule has 1 atom stereocenters. The van der Waals surface area contributed by atoms with Crippen molar-refractivity contribution in [2.24, 2.45) is 0 Å². The lowest BCUT2D eigenvalue weighted by atomic mass is 9.93. The molecule has 18 heavy (non-hydrogen) atoms. The number of carbonyl (C=O) groups is 1. The molecule has 0 aliphatic heterocycles. The third kappa shape index (κ3) is 3.15. The van der Waals surface area contributed by atoms with Crippen LogP contribution in [0.25, 0.3) is 0 Å². The van der Waals surface area contributed by atoms with E-state index in [1.807, 2.05) is 0 Å². The predicted octanol–water partition coefficient (Wildman–Crippen LogP) is 3.31. The average Bonchev–Trinajstić information content (AvgIpc) is 2.28. The van der Waals surface area contributed by atoms with E-state index in [2.05, 4.69) is 0 Å². The van der Waals surface area contributed by atoms with Crippen LogP contribution in [-0.4, -0.2) is 16.0 Å². The number of carboxylic acids is 1. The number of nitrogens with zero attached hydrogens (tertiary/aromatic N) is 1. The lowest BCUT2D eigenvalue weighted by Gasteiger charge is -2.12. The van der Waals surface area contributed by atoms with Crippen LogP contribution in [0.15, 0.2) is 12.1 Å². The van der Waals surface area contributed by atoms with Crippen molar-refractivity contribution in [3.05, 3.63) is 37.2 Å². The fourth-order valence-corrected chi connectivity index (χ4v) is 2.14. The van der Waals surface area contributed by atoms with Gasteiger partial charge >= 0.3 is 5.97 Å². The van der Waals surface area contributed by atoms with Gasteiger partial charge in [0, 0.05) is 11.6 Å². The number of hydrogen-bond acceptors (Lipinski definition) is 3. The molecule has 0 bridgehead atoms. The molecule has 0 saturated heterocycles. The molecule has 1 aromatic rings. The first kappa shape index (κ1) is 14.8. The van der Waals surface area contributed by atoms with Crippen molar-refractivity contribution in [2.45, 2.75) is 25.7 Å². The second kappa shape index (κ2) is 6.07. The van der Waals surface area contributed by atoms with Crippen molar-refractivity contribution in [3.63, 3.8) is 0 Å². The summed E-state index contributed by atoms with van der Waals surface area (Å²) in [6.45, 7) is 1.77. The van der Waals surface area contributed by atoms with Gasteiger partial charge in [0.25, 0.3) is 5.69 Å². The Labute approximate surface area is 116 Å². The van der Waals surface area contributed by atoms with Gasteiger partial charge in [-0.2, -0.15) is 0 Å². The van der Waals surface area contributed by atoms with E-state index < -0.39 is 22.6 Å². The summed E-state index contributed by atoms with van der Waals surface area (Å²) in [5.74, 6) is -2.87. The molecule has 0 heterocycles. The molecule has 0 aliphatic carbocycles. The van der Waals surface area contributed by atoms with Crippen molar-refractivity contribution in [2.75, 3.05) is 0 Å². The van der Waals surface area contributed by atoms with Crippen molar-refractivity contribution >= 4 is 34.2 Å². The van der Waals surface area contributed by atoms with Crippen LogP contribution in [0.3, 0.4) is 0 Å². The third-order valence-electron chi connectivity index (χ3n) is 2.52. The fraction of sp³-hybridized carbons (Fsp3) is 0.364. The minimum absolute atomic E-state index is 0.0766. The van der Waals surface area contributed by atoms with Crippen LogP contribution < -0.4 is 0 Å². The molecule has 0 spiro atoms. The van der Waals surface area contributed by atoms with Gasteiger partial charge in [0.2, 0.25) is 0 Å². The molecule has 0 amide bonds. The SMILES string of the molecule is CCCC(C(=O)O)c1cc(F)c(I)cc1[N+](=O)[O-]. The van der Waals surface area contributed by atoms with Crippen LogP contribution >= 0.6 is 22.6 Å². The smallest absolute Gasteiger partial charge is 0.311 e. The molecule has 1 aromatic carbocycles. The van der Waals surface area contributed by atoms with Crippen LogP contribution in [0.4, 0.5) is 10.1 Å². The number of halogens is 2. The van der Waals surface area contributed by atoms with Gasteiger partial charge in [-0.25, -0.2) is 4.39 Å². The molecule has 5 nitrogen and oxygen atoms in total. The summed E-state index contributed by atoms with van der Waals surface area (Å²) in [6.07, 6.45) is 0.776. The zero-order valence-electron chi connectivity index (χ0n) is 9.52. The van der Waals surface area contributed by atoms with E-state index in [0.717, 1.165) is 12.1 Å². The van der Waals surface area contributed by atoms with E-state index in [9.17, 15) is 19.3 Å². The Morgan fingerprint density at radius 2 is 2.22 bits per heavy atom. The molecule has 1 unspecified atom stereocenters. The van der Waals surface area contributed by atoms with E-state index in [0.29, 0.717) is 6.42 Å². The van der Waals surface area contributed by atoms with Crippen LogP contribution in [0.1, 0.15) is 31.2 Å². The van der Waals surface area contributed by atoms with Crippen LogP contribution in [-0.2, 0) is 4.79 Å². The predicted molar refractivity (Wildman–Crippen MR) is 71.1 cm³/mol. The minimum Gasteiger partial charge on any atom is -0.481 e. The lowest BCUT2D eigenvalue weighted by molar-refractivity contribution is -0.385. The monoisotopic (exact) mass is 367 g/mol. The summed E-state index contributed by atoms with van der Waals surface area (Å²) in [5, 5.41) is 20.0. The maximum atomic E-state index is 13.5. The number of hydrogen-bond donors (Lipinski definition) is 1. The Kier molecular flexibility index (Phi) is 5.00. The fourth-order valence-electron chi connectivity index (χ4n) is 1.69. The largest absolute Gasteiger partial charge is 0.481 e. The average molecular weight is 367 g/mol. The van der Waals surface area contributed by atoms with Gasteiger partial charge in [0.1, 0.15) is 5.82 Å². The molecule has 0 fully saturated rings. The topological polar surface area (TPSA) is 80.4 Å². The van der Waals surface area contributed by atoms with Gasteiger partial charge in [-0.3, -0.25) is 14.9 Å². The highest BCUT2D eigenvalue weighted by Gasteiger charge is 2.28. The van der Waals surface area contributed by atoms with Crippen molar-refractivity contribution in [1.29, 1.82) is 0 Å². The molecule has 0 saturated carbocycles. The molecule has 98 valence electrons. The third-order valence-corrected chi connectivity index (χ3v) is 3.34. The second-order valence-corrected chi connectivity index (χ2v) is 4.92. The molecular formula is C11H11FINO4. The van der Waals surface area contributed by atoms with Gasteiger partial charge in [-0.1, -0.05) is 13.3 Å². The number of rotatable bonds is 5. The highest BCUT2D eigenvalue weighted by molar-refractivity contribution is 14.1. The zero-order valence-corrected chi connectivity index (χ0v) is 11.7. The number of benzene rings is 1. The minimum atomic E-state index is -1.18. The maximum Gasteiger partial charge on any atom is 0.311 e. The first-order valence-electron chi connectivity index (χ1n) is 5.24. The summed E-state index contributed by atoms with van der Waals surface area (Å²) in [4.78, 5) is 21.3. The molecule has 0 radical (unpaired) electrons. The molecule has 0 aromatic heterocycles. The Morgan fingerprint density at radius 3 is 2.67 bits per heavy atom. The number of nitro benzene ring substituents is 1. The number of aliphatic carboxylic acids is 1. The van der Waals surface area contributed by atoms with Gasteiger partial charge in [0.05, 0.1) is 14.4 Å². The molecule has 7 heteroatoms. The number of nitro groups is 1. The van der Waals surface area contributed by atoms with E-state index in [1.54, 1.807) is 29.5 Å². The van der Waals surface area contributed by atoms with E-state index in [1.165, 1.54) is 0 Å². The van der Waals surface area contributed by atoms with Crippen LogP contribution in [0.2, 0.25) is 0 Å². The number of carboxylic acid groups (broad SMARTS) is 1. The van der Waals surface area contributed by atoms with Crippen molar-refractivity contribution in [1.82, 2.24) is 0 Å². The van der Waals surface area contributed by atoms with E-state index >= 15 is 0 Å². The van der Waals surface area contributed by atoms with Gasteiger partial charge < -0.3 is 5.11 Å². The van der Waals surface area contributed by atoms with E-state index in [4.69, 9.17) is 5.11 Å². The Morgan fingerprint density at radius 1 is 1.61 bits per heavy atom. The summed E-state index contributed by atoms with van der Waals surface area (Å²) < 4.78 is 13.6. The van der Waals surface area contributed by atoms with Crippen molar-refractivity contribution < 1.29 is 19.2 Å². The van der Waals surface area contributed by atoms with E-state index in [-0.39, 0.29) is 21.2 Å². The Balaban J connectivity index is 3.40. The van der Waals surface area contributed by atoms with Gasteiger partial charge in [-0.15, -0.1) is 0 Å². The van der Waals surface area contributed by atoms with Crippen LogP contribution in [0.5, 0.6) is 0 Å². The van der Waals surface area contributed by atoms with Gasteiger partial charge in [0.15, 0.2) is 0 Å². The molecule has 1 rings (SSSR count). The molecular weight excluding hydrogens is 356 g/mol. The first-order chi connectivity index (χ1) is 8.38. The summed E-state index contributed by atoms with van der Waals surface area (Å²) in [6, 6.07) is 2.02. The Bertz CT molecular complexity index is 492. The second-order valence-electron chi connectivity index (χ2n) is 3.76. The zero-order chi connectivity index (χ0) is 13.9. The van der Waals surface area contributed by atoms with Gasteiger partial charge in [-0.05, 0) is 35.1 Å². The summed E-state index contributed by atoms with van der Waals surface area (Å²) >= 11 is 1.64. The highest BCUT2D eigenvalue weighted by atomic mass is 127. The summed E-state index contributed by atoms with van der Waals surface area (Å²) in [5.41, 5.74) is -0.422. The quantitative estimate of drug-likeness (QED) is 0.492. The Hall–Kier alpha value is -1.25. The van der Waals surface area contributed by atoms with Crippen molar-refractivity contribution in [3.8, 4) is 0 Å².